The van der Waals surface area contributed by atoms with Gasteiger partial charge in [0.25, 0.3) is 0 Å². The number of aryl methyl sites for hydroxylation is 2. The molecule has 29 heavy (non-hydrogen) atoms. The third-order valence-electron chi connectivity index (χ3n) is 5.71. The van der Waals surface area contributed by atoms with Gasteiger partial charge in [-0.05, 0) is 78.5 Å². The summed E-state index contributed by atoms with van der Waals surface area (Å²) in [6.07, 6.45) is 4.13. The van der Waals surface area contributed by atoms with E-state index in [1.807, 2.05) is 12.1 Å². The maximum Gasteiger partial charge on any atom is 0.573 e. The first kappa shape index (κ1) is 21.7. The lowest BCUT2D eigenvalue weighted by Gasteiger charge is -2.26. The lowest BCUT2D eigenvalue weighted by molar-refractivity contribution is -0.274. The van der Waals surface area contributed by atoms with Gasteiger partial charge in [0.2, 0.25) is 0 Å². The van der Waals surface area contributed by atoms with Crippen LogP contribution in [0.3, 0.4) is 0 Å². The first-order valence-electron chi connectivity index (χ1n) is 10.5. The fourth-order valence-corrected chi connectivity index (χ4v) is 4.18. The summed E-state index contributed by atoms with van der Waals surface area (Å²) < 4.78 is 56.0. The molecule has 5 heteroatoms. The van der Waals surface area contributed by atoms with Crippen LogP contribution in [0.25, 0.3) is 0 Å². The highest BCUT2D eigenvalue weighted by Crippen LogP contribution is 2.36. The maximum atomic E-state index is 14.7. The third-order valence-corrected chi connectivity index (χ3v) is 5.71. The van der Waals surface area contributed by atoms with Gasteiger partial charge in [0.1, 0.15) is 11.6 Å². The van der Waals surface area contributed by atoms with Crippen molar-refractivity contribution in [1.82, 2.24) is 0 Å². The third kappa shape index (κ3) is 6.22. The molecule has 1 atom stereocenters. The Kier molecular flexibility index (Phi) is 7.20. The van der Waals surface area contributed by atoms with E-state index in [9.17, 15) is 17.6 Å². The molecule has 0 saturated heterocycles. The van der Waals surface area contributed by atoms with Gasteiger partial charge in [-0.15, -0.1) is 13.2 Å². The highest BCUT2D eigenvalue weighted by molar-refractivity contribution is 5.40. The first-order chi connectivity index (χ1) is 13.9. The van der Waals surface area contributed by atoms with Crippen LogP contribution >= 0.6 is 0 Å². The molecule has 3 rings (SSSR count). The maximum absolute atomic E-state index is 14.7. The predicted molar refractivity (Wildman–Crippen MR) is 107 cm³/mol. The van der Waals surface area contributed by atoms with E-state index in [1.54, 1.807) is 12.1 Å². The van der Waals surface area contributed by atoms with Crippen molar-refractivity contribution in [3.8, 4) is 5.75 Å². The summed E-state index contributed by atoms with van der Waals surface area (Å²) in [5, 5.41) is 0. The van der Waals surface area contributed by atoms with E-state index in [0.717, 1.165) is 36.0 Å². The molecule has 1 aliphatic rings. The van der Waals surface area contributed by atoms with E-state index in [4.69, 9.17) is 0 Å². The molecule has 158 valence electrons. The van der Waals surface area contributed by atoms with Crippen LogP contribution in [0.2, 0.25) is 0 Å². The van der Waals surface area contributed by atoms with Crippen molar-refractivity contribution in [2.24, 2.45) is 0 Å². The Hall–Kier alpha value is -2.04. The minimum atomic E-state index is -4.69. The molecule has 0 aliphatic heterocycles. The number of benzene rings is 2. The summed E-state index contributed by atoms with van der Waals surface area (Å²) in [5.74, 6) is -0.304. The second kappa shape index (κ2) is 9.64. The molecule has 1 nitrogen and oxygen atoms in total. The number of halogens is 4. The first-order valence-corrected chi connectivity index (χ1v) is 10.5. The second-order valence-corrected chi connectivity index (χ2v) is 7.94. The van der Waals surface area contributed by atoms with Crippen molar-refractivity contribution < 1.29 is 22.3 Å². The van der Waals surface area contributed by atoms with Gasteiger partial charge in [-0.2, -0.15) is 0 Å². The molecule has 0 N–H and O–H groups in total. The number of fused-ring (bicyclic) bond motifs is 1. The lowest BCUT2D eigenvalue weighted by atomic mass is 9.79. The van der Waals surface area contributed by atoms with Gasteiger partial charge in [0, 0.05) is 0 Å². The van der Waals surface area contributed by atoms with Gasteiger partial charge >= 0.3 is 6.36 Å². The van der Waals surface area contributed by atoms with E-state index in [0.29, 0.717) is 18.4 Å². The SMILES string of the molecule is CCCCCCCc1ccc(C2CCc3cc(OC(F)(F)F)ccc3C2)c(F)c1. The Morgan fingerprint density at radius 2 is 1.76 bits per heavy atom. The van der Waals surface area contributed by atoms with E-state index in [1.165, 1.54) is 37.8 Å². The van der Waals surface area contributed by atoms with E-state index in [2.05, 4.69) is 11.7 Å². The average molecular weight is 408 g/mol. The molecule has 0 saturated carbocycles. The molecular weight excluding hydrogens is 380 g/mol. The second-order valence-electron chi connectivity index (χ2n) is 7.94. The summed E-state index contributed by atoms with van der Waals surface area (Å²) >= 11 is 0. The Balaban J connectivity index is 1.62. The molecule has 0 spiro atoms. The van der Waals surface area contributed by atoms with Gasteiger partial charge in [-0.25, -0.2) is 4.39 Å². The number of alkyl halides is 3. The normalized spacial score (nSPS) is 16.5. The average Bonchev–Trinajstić information content (AvgIpc) is 2.66. The zero-order valence-electron chi connectivity index (χ0n) is 16.8. The summed E-state index contributed by atoms with van der Waals surface area (Å²) in [4.78, 5) is 0. The molecular formula is C24H28F4O. The lowest BCUT2D eigenvalue weighted by Crippen LogP contribution is -2.18. The van der Waals surface area contributed by atoms with Crippen molar-refractivity contribution >= 4 is 0 Å². The zero-order chi connectivity index (χ0) is 20.9. The number of rotatable bonds is 8. The molecule has 0 aromatic heterocycles. The van der Waals surface area contributed by atoms with Crippen LogP contribution in [-0.2, 0) is 19.3 Å². The smallest absolute Gasteiger partial charge is 0.406 e. The van der Waals surface area contributed by atoms with Crippen LogP contribution in [0.4, 0.5) is 17.6 Å². The topological polar surface area (TPSA) is 9.23 Å². The van der Waals surface area contributed by atoms with Gasteiger partial charge in [-0.3, -0.25) is 0 Å². The van der Waals surface area contributed by atoms with E-state index >= 15 is 0 Å². The van der Waals surface area contributed by atoms with Crippen LogP contribution in [-0.4, -0.2) is 6.36 Å². The van der Waals surface area contributed by atoms with Gasteiger partial charge in [0.05, 0.1) is 0 Å². The molecule has 0 bridgehead atoms. The zero-order valence-corrected chi connectivity index (χ0v) is 16.8. The Bertz CT molecular complexity index is 813. The molecule has 0 heterocycles. The highest BCUT2D eigenvalue weighted by Gasteiger charge is 2.31. The minimum Gasteiger partial charge on any atom is -0.406 e. The van der Waals surface area contributed by atoms with Crippen molar-refractivity contribution in [3.05, 3.63) is 64.5 Å². The van der Waals surface area contributed by atoms with Crippen LogP contribution in [0.15, 0.2) is 36.4 Å². The summed E-state index contributed by atoms with van der Waals surface area (Å²) in [7, 11) is 0. The molecule has 0 radical (unpaired) electrons. The monoisotopic (exact) mass is 408 g/mol. The van der Waals surface area contributed by atoms with Crippen molar-refractivity contribution in [1.29, 1.82) is 0 Å². The molecule has 0 amide bonds. The van der Waals surface area contributed by atoms with Crippen LogP contribution in [0.5, 0.6) is 5.75 Å². The van der Waals surface area contributed by atoms with E-state index < -0.39 is 6.36 Å². The predicted octanol–water partition coefficient (Wildman–Crippen LogP) is 7.51. The standard InChI is InChI=1S/C24H28F4O/c1-2-3-4-5-6-7-17-8-13-22(23(25)14-17)20-10-9-19-16-21(29-24(26,27)28)12-11-18(19)15-20/h8,11-14,16,20H,2-7,9-10,15H2,1H3. The van der Waals surface area contributed by atoms with Crippen molar-refractivity contribution in [2.75, 3.05) is 0 Å². The van der Waals surface area contributed by atoms with Crippen molar-refractivity contribution in [2.45, 2.75) is 77.0 Å². The summed E-state index contributed by atoms with van der Waals surface area (Å²) in [6.45, 7) is 2.19. The number of hydrogen-bond donors (Lipinski definition) is 0. The summed E-state index contributed by atoms with van der Waals surface area (Å²) in [5.41, 5.74) is 3.57. The van der Waals surface area contributed by atoms with Gasteiger partial charge < -0.3 is 4.74 Å². The Morgan fingerprint density at radius 3 is 2.48 bits per heavy atom. The molecule has 2 aromatic carbocycles. The Morgan fingerprint density at radius 1 is 0.966 bits per heavy atom. The van der Waals surface area contributed by atoms with Crippen LogP contribution < -0.4 is 4.74 Å². The largest absolute Gasteiger partial charge is 0.573 e. The van der Waals surface area contributed by atoms with Crippen molar-refractivity contribution in [3.63, 3.8) is 0 Å². The minimum absolute atomic E-state index is 0.0514. The van der Waals surface area contributed by atoms with Crippen LogP contribution in [0, 0.1) is 5.82 Å². The van der Waals surface area contributed by atoms with E-state index in [-0.39, 0.29) is 17.5 Å². The molecule has 1 unspecified atom stereocenters. The fourth-order valence-electron chi connectivity index (χ4n) is 4.18. The van der Waals surface area contributed by atoms with Gasteiger partial charge in [0.15, 0.2) is 0 Å². The highest BCUT2D eigenvalue weighted by atomic mass is 19.4. The van der Waals surface area contributed by atoms with Gasteiger partial charge in [-0.1, -0.05) is 50.8 Å². The molecule has 1 aliphatic carbocycles. The Labute approximate surface area is 170 Å². The van der Waals surface area contributed by atoms with Crippen LogP contribution in [0.1, 0.15) is 73.6 Å². The summed E-state index contributed by atoms with van der Waals surface area (Å²) in [6, 6.07) is 10.0. The number of ether oxygens (including phenoxy) is 1. The quantitative estimate of drug-likeness (QED) is 0.324. The molecule has 2 aromatic rings. The fraction of sp³-hybridized carbons (Fsp3) is 0.500. The molecule has 0 fully saturated rings. The number of hydrogen-bond acceptors (Lipinski definition) is 1. The number of unbranched alkanes of at least 4 members (excludes halogenated alkanes) is 4.